The predicted molar refractivity (Wildman–Crippen MR) is 55.2 cm³/mol. The molecule has 0 heteroatoms. The van der Waals surface area contributed by atoms with E-state index in [1.807, 2.05) is 0 Å². The van der Waals surface area contributed by atoms with Crippen molar-refractivity contribution in [2.75, 3.05) is 0 Å². The molecule has 0 amide bonds. The Morgan fingerprint density at radius 2 is 1.83 bits per heavy atom. The average molecular weight is 166 g/mol. The SMILES string of the molecule is CCCC1(CCC)CC=C(C)C1. The average Bonchev–Trinajstić information content (AvgIpc) is 2.34. The van der Waals surface area contributed by atoms with E-state index in [1.54, 1.807) is 5.57 Å². The first-order chi connectivity index (χ1) is 5.72. The zero-order chi connectivity index (χ0) is 9.03. The fraction of sp³-hybridized carbons (Fsp3) is 0.833. The molecule has 0 aromatic heterocycles. The van der Waals surface area contributed by atoms with Crippen LogP contribution in [0.3, 0.4) is 0 Å². The van der Waals surface area contributed by atoms with Gasteiger partial charge in [-0.05, 0) is 38.0 Å². The van der Waals surface area contributed by atoms with Crippen LogP contribution in [0.4, 0.5) is 0 Å². The third-order valence-corrected chi connectivity index (χ3v) is 3.10. The minimum Gasteiger partial charge on any atom is -0.0850 e. The summed E-state index contributed by atoms with van der Waals surface area (Å²) in [6.45, 7) is 6.91. The summed E-state index contributed by atoms with van der Waals surface area (Å²) < 4.78 is 0. The molecule has 0 spiro atoms. The summed E-state index contributed by atoms with van der Waals surface area (Å²) in [5.74, 6) is 0. The monoisotopic (exact) mass is 166 g/mol. The van der Waals surface area contributed by atoms with Crippen LogP contribution in [0.25, 0.3) is 0 Å². The molecule has 0 saturated heterocycles. The maximum Gasteiger partial charge on any atom is -0.0226 e. The zero-order valence-corrected chi connectivity index (χ0v) is 8.82. The van der Waals surface area contributed by atoms with Gasteiger partial charge in [0.05, 0.1) is 0 Å². The van der Waals surface area contributed by atoms with Crippen LogP contribution in [0, 0.1) is 5.41 Å². The molecule has 0 aliphatic heterocycles. The minimum absolute atomic E-state index is 0.674. The van der Waals surface area contributed by atoms with E-state index in [2.05, 4.69) is 26.8 Å². The van der Waals surface area contributed by atoms with Crippen molar-refractivity contribution in [3.8, 4) is 0 Å². The largest absolute Gasteiger partial charge is 0.0850 e. The third-order valence-electron chi connectivity index (χ3n) is 3.10. The van der Waals surface area contributed by atoms with Crippen LogP contribution in [-0.2, 0) is 0 Å². The maximum absolute atomic E-state index is 2.45. The van der Waals surface area contributed by atoms with E-state index in [0.717, 1.165) is 0 Å². The van der Waals surface area contributed by atoms with E-state index in [4.69, 9.17) is 0 Å². The Kier molecular flexibility index (Phi) is 3.37. The van der Waals surface area contributed by atoms with Crippen LogP contribution in [-0.4, -0.2) is 0 Å². The molecule has 0 saturated carbocycles. The van der Waals surface area contributed by atoms with Gasteiger partial charge in [-0.1, -0.05) is 38.3 Å². The molecule has 0 nitrogen and oxygen atoms in total. The first-order valence-electron chi connectivity index (χ1n) is 5.38. The Morgan fingerprint density at radius 3 is 2.17 bits per heavy atom. The lowest BCUT2D eigenvalue weighted by Gasteiger charge is -2.28. The van der Waals surface area contributed by atoms with Gasteiger partial charge in [0.25, 0.3) is 0 Å². The highest BCUT2D eigenvalue weighted by molar-refractivity contribution is 5.12. The molecule has 0 atom stereocenters. The van der Waals surface area contributed by atoms with Crippen LogP contribution in [0.2, 0.25) is 0 Å². The molecular weight excluding hydrogens is 144 g/mol. The van der Waals surface area contributed by atoms with Crippen molar-refractivity contribution in [3.63, 3.8) is 0 Å². The Labute approximate surface area is 77.1 Å². The van der Waals surface area contributed by atoms with Crippen molar-refractivity contribution in [3.05, 3.63) is 11.6 Å². The fourth-order valence-electron chi connectivity index (χ4n) is 2.69. The molecule has 1 aliphatic carbocycles. The number of hydrogen-bond donors (Lipinski definition) is 0. The fourth-order valence-corrected chi connectivity index (χ4v) is 2.69. The van der Waals surface area contributed by atoms with Crippen molar-refractivity contribution in [2.45, 2.75) is 59.3 Å². The van der Waals surface area contributed by atoms with Gasteiger partial charge < -0.3 is 0 Å². The van der Waals surface area contributed by atoms with Gasteiger partial charge in [-0.3, -0.25) is 0 Å². The van der Waals surface area contributed by atoms with Crippen LogP contribution in [0.5, 0.6) is 0 Å². The quantitative estimate of drug-likeness (QED) is 0.546. The van der Waals surface area contributed by atoms with E-state index in [1.165, 1.54) is 38.5 Å². The van der Waals surface area contributed by atoms with Gasteiger partial charge >= 0.3 is 0 Å². The van der Waals surface area contributed by atoms with Gasteiger partial charge in [-0.25, -0.2) is 0 Å². The second-order valence-corrected chi connectivity index (χ2v) is 4.43. The number of allylic oxidation sites excluding steroid dienone is 2. The molecule has 12 heavy (non-hydrogen) atoms. The lowest BCUT2D eigenvalue weighted by molar-refractivity contribution is 0.251. The third kappa shape index (κ3) is 2.12. The van der Waals surface area contributed by atoms with Crippen LogP contribution in [0.15, 0.2) is 11.6 Å². The first kappa shape index (κ1) is 9.83. The Hall–Kier alpha value is -0.260. The lowest BCUT2D eigenvalue weighted by atomic mass is 9.76. The van der Waals surface area contributed by atoms with Gasteiger partial charge in [0.1, 0.15) is 0 Å². The second-order valence-electron chi connectivity index (χ2n) is 4.43. The van der Waals surface area contributed by atoms with Crippen molar-refractivity contribution in [1.29, 1.82) is 0 Å². The molecule has 0 bridgehead atoms. The van der Waals surface area contributed by atoms with E-state index in [-0.39, 0.29) is 0 Å². The molecule has 1 aliphatic rings. The van der Waals surface area contributed by atoms with Crippen LogP contribution >= 0.6 is 0 Å². The molecule has 0 fully saturated rings. The Balaban J connectivity index is 2.51. The Morgan fingerprint density at radius 1 is 1.25 bits per heavy atom. The molecule has 1 rings (SSSR count). The van der Waals surface area contributed by atoms with E-state index >= 15 is 0 Å². The first-order valence-corrected chi connectivity index (χ1v) is 5.38. The summed E-state index contributed by atoms with van der Waals surface area (Å²) in [5, 5.41) is 0. The molecule has 0 radical (unpaired) electrons. The van der Waals surface area contributed by atoms with Crippen LogP contribution < -0.4 is 0 Å². The van der Waals surface area contributed by atoms with Gasteiger partial charge in [-0.2, -0.15) is 0 Å². The summed E-state index contributed by atoms with van der Waals surface area (Å²) in [4.78, 5) is 0. The van der Waals surface area contributed by atoms with Gasteiger partial charge in [0.2, 0.25) is 0 Å². The summed E-state index contributed by atoms with van der Waals surface area (Å²) >= 11 is 0. The standard InChI is InChI=1S/C12H22/c1-4-7-12(8-5-2)9-6-11(3)10-12/h6H,4-5,7-10H2,1-3H3. The molecule has 0 unspecified atom stereocenters. The summed E-state index contributed by atoms with van der Waals surface area (Å²) in [5.41, 5.74) is 2.30. The molecule has 0 heterocycles. The van der Waals surface area contributed by atoms with Gasteiger partial charge in [0.15, 0.2) is 0 Å². The predicted octanol–water partition coefficient (Wildman–Crippen LogP) is 4.31. The topological polar surface area (TPSA) is 0 Å². The van der Waals surface area contributed by atoms with Crippen LogP contribution in [0.1, 0.15) is 59.3 Å². The second kappa shape index (κ2) is 4.11. The summed E-state index contributed by atoms with van der Waals surface area (Å²) in [6.07, 6.45) is 10.7. The van der Waals surface area contributed by atoms with Gasteiger partial charge in [-0.15, -0.1) is 0 Å². The highest BCUT2D eigenvalue weighted by atomic mass is 14.4. The highest BCUT2D eigenvalue weighted by Gasteiger charge is 2.30. The van der Waals surface area contributed by atoms with E-state index in [9.17, 15) is 0 Å². The number of hydrogen-bond acceptors (Lipinski definition) is 0. The van der Waals surface area contributed by atoms with Crippen molar-refractivity contribution >= 4 is 0 Å². The Bertz CT molecular complexity index is 159. The zero-order valence-electron chi connectivity index (χ0n) is 8.82. The lowest BCUT2D eigenvalue weighted by Crippen LogP contribution is -2.16. The van der Waals surface area contributed by atoms with Crippen molar-refractivity contribution in [1.82, 2.24) is 0 Å². The molecule has 70 valence electrons. The van der Waals surface area contributed by atoms with Crippen molar-refractivity contribution in [2.24, 2.45) is 5.41 Å². The minimum atomic E-state index is 0.674. The highest BCUT2D eigenvalue weighted by Crippen LogP contribution is 2.44. The van der Waals surface area contributed by atoms with E-state index in [0.29, 0.717) is 5.41 Å². The normalized spacial score (nSPS) is 21.1. The molecular formula is C12H22. The molecule has 0 aromatic rings. The number of rotatable bonds is 4. The molecule has 0 N–H and O–H groups in total. The molecule has 0 aromatic carbocycles. The van der Waals surface area contributed by atoms with E-state index < -0.39 is 0 Å². The maximum atomic E-state index is 2.45. The summed E-state index contributed by atoms with van der Waals surface area (Å²) in [6, 6.07) is 0. The smallest absolute Gasteiger partial charge is 0.0226 e. The van der Waals surface area contributed by atoms with Gasteiger partial charge in [0, 0.05) is 0 Å². The summed E-state index contributed by atoms with van der Waals surface area (Å²) in [7, 11) is 0. The van der Waals surface area contributed by atoms with Crippen molar-refractivity contribution < 1.29 is 0 Å².